The van der Waals surface area contributed by atoms with Gasteiger partial charge in [0.25, 0.3) is 0 Å². The first kappa shape index (κ1) is 12.0. The van der Waals surface area contributed by atoms with E-state index in [1.807, 2.05) is 0 Å². The van der Waals surface area contributed by atoms with Crippen molar-refractivity contribution >= 4 is 0 Å². The predicted octanol–water partition coefficient (Wildman–Crippen LogP) is 0.654. The molecule has 1 saturated heterocycles. The van der Waals surface area contributed by atoms with Gasteiger partial charge in [0.2, 0.25) is 0 Å². The summed E-state index contributed by atoms with van der Waals surface area (Å²) in [6.07, 6.45) is 2.27. The summed E-state index contributed by atoms with van der Waals surface area (Å²) in [5.74, 6) is 0.715. The maximum Gasteiger partial charge on any atom is 0.0232 e. The number of nitrogens with one attached hydrogen (secondary N) is 1. The molecule has 0 aromatic heterocycles. The van der Waals surface area contributed by atoms with E-state index in [9.17, 15) is 0 Å². The highest BCUT2D eigenvalue weighted by atomic mass is 15.2. The fourth-order valence-electron chi connectivity index (χ4n) is 2.18. The lowest BCUT2D eigenvalue weighted by Gasteiger charge is -2.34. The van der Waals surface area contributed by atoms with E-state index in [2.05, 4.69) is 31.1 Å². The van der Waals surface area contributed by atoms with Crippen LogP contribution >= 0.6 is 0 Å². The third kappa shape index (κ3) is 3.95. The lowest BCUT2D eigenvalue weighted by molar-refractivity contribution is 0.178. The van der Waals surface area contributed by atoms with Crippen molar-refractivity contribution in [2.75, 3.05) is 26.7 Å². The molecule has 1 aliphatic rings. The Balaban J connectivity index is 2.27. The van der Waals surface area contributed by atoms with E-state index in [0.29, 0.717) is 18.0 Å². The highest BCUT2D eigenvalue weighted by molar-refractivity contribution is 4.81. The summed E-state index contributed by atoms with van der Waals surface area (Å²) < 4.78 is 0. The molecule has 0 aromatic rings. The van der Waals surface area contributed by atoms with Crippen molar-refractivity contribution in [1.29, 1.82) is 0 Å². The molecule has 14 heavy (non-hydrogen) atoms. The number of hydrogen-bond acceptors (Lipinski definition) is 3. The molecule has 3 heteroatoms. The van der Waals surface area contributed by atoms with Gasteiger partial charge in [0.1, 0.15) is 0 Å². The van der Waals surface area contributed by atoms with E-state index < -0.39 is 0 Å². The average Bonchev–Trinajstić information content (AvgIpc) is 2.07. The largest absolute Gasteiger partial charge is 0.328 e. The van der Waals surface area contributed by atoms with Crippen LogP contribution in [0.4, 0.5) is 0 Å². The van der Waals surface area contributed by atoms with E-state index in [-0.39, 0.29) is 0 Å². The predicted molar refractivity (Wildman–Crippen MR) is 61.3 cm³/mol. The molecule has 0 spiro atoms. The molecule has 0 radical (unpaired) electrons. The molecular weight excluding hydrogens is 174 g/mol. The fraction of sp³-hybridized carbons (Fsp3) is 1.00. The molecule has 2 atom stereocenters. The van der Waals surface area contributed by atoms with Crippen LogP contribution in [0.3, 0.4) is 0 Å². The second kappa shape index (κ2) is 5.69. The summed E-state index contributed by atoms with van der Waals surface area (Å²) in [6, 6.07) is 1.000. The Labute approximate surface area is 88.0 Å². The zero-order chi connectivity index (χ0) is 10.6. The summed E-state index contributed by atoms with van der Waals surface area (Å²) in [4.78, 5) is 2.43. The number of hydrogen-bond donors (Lipinski definition) is 2. The monoisotopic (exact) mass is 199 g/mol. The average molecular weight is 199 g/mol. The number of piperazine rings is 1. The molecule has 1 aliphatic heterocycles. The van der Waals surface area contributed by atoms with Gasteiger partial charge in [0, 0.05) is 31.7 Å². The number of nitrogens with two attached hydrogens (primary N) is 1. The first-order valence-corrected chi connectivity index (χ1v) is 5.76. The Morgan fingerprint density at radius 2 is 2.21 bits per heavy atom. The summed E-state index contributed by atoms with van der Waals surface area (Å²) in [5, 5.41) is 3.43. The number of likely N-dealkylation sites (N-methyl/N-ethyl adjacent to an activating group) is 1. The summed E-state index contributed by atoms with van der Waals surface area (Å²) >= 11 is 0. The Hall–Kier alpha value is -0.120. The highest BCUT2D eigenvalue weighted by Gasteiger charge is 2.21. The molecule has 3 nitrogen and oxygen atoms in total. The van der Waals surface area contributed by atoms with Gasteiger partial charge in [0.15, 0.2) is 0 Å². The molecule has 3 N–H and O–H groups in total. The van der Waals surface area contributed by atoms with Crippen molar-refractivity contribution < 1.29 is 0 Å². The summed E-state index contributed by atoms with van der Waals surface area (Å²) in [5.41, 5.74) is 6.11. The Kier molecular flexibility index (Phi) is 4.85. The molecule has 1 fully saturated rings. The third-order valence-electron chi connectivity index (χ3n) is 2.99. The van der Waals surface area contributed by atoms with E-state index >= 15 is 0 Å². The zero-order valence-corrected chi connectivity index (χ0v) is 9.79. The SMILES string of the molecule is CC(C)CC(N)CC1CNCCN1C. The Bertz CT molecular complexity index is 159. The molecule has 0 aliphatic carbocycles. The maximum absolute atomic E-state index is 6.11. The molecule has 0 saturated carbocycles. The van der Waals surface area contributed by atoms with Gasteiger partial charge in [-0.2, -0.15) is 0 Å². The Morgan fingerprint density at radius 1 is 1.50 bits per heavy atom. The minimum absolute atomic E-state index is 0.363. The first-order chi connectivity index (χ1) is 6.59. The first-order valence-electron chi connectivity index (χ1n) is 5.76. The van der Waals surface area contributed by atoms with Gasteiger partial charge in [-0.1, -0.05) is 13.8 Å². The van der Waals surface area contributed by atoms with E-state index in [0.717, 1.165) is 32.5 Å². The van der Waals surface area contributed by atoms with Gasteiger partial charge in [0.05, 0.1) is 0 Å². The van der Waals surface area contributed by atoms with Crippen molar-refractivity contribution in [3.8, 4) is 0 Å². The minimum Gasteiger partial charge on any atom is -0.328 e. The van der Waals surface area contributed by atoms with Crippen molar-refractivity contribution in [3.05, 3.63) is 0 Å². The van der Waals surface area contributed by atoms with Crippen LogP contribution < -0.4 is 11.1 Å². The van der Waals surface area contributed by atoms with Gasteiger partial charge < -0.3 is 16.0 Å². The van der Waals surface area contributed by atoms with Crippen LogP contribution in [0.25, 0.3) is 0 Å². The lowest BCUT2D eigenvalue weighted by atomic mass is 9.97. The molecular formula is C11H25N3. The molecule has 0 bridgehead atoms. The van der Waals surface area contributed by atoms with E-state index in [1.165, 1.54) is 0 Å². The summed E-state index contributed by atoms with van der Waals surface area (Å²) in [6.45, 7) is 7.85. The van der Waals surface area contributed by atoms with Crippen LogP contribution in [0, 0.1) is 5.92 Å². The fourth-order valence-corrected chi connectivity index (χ4v) is 2.18. The van der Waals surface area contributed by atoms with E-state index in [4.69, 9.17) is 5.73 Å². The summed E-state index contributed by atoms with van der Waals surface area (Å²) in [7, 11) is 2.20. The van der Waals surface area contributed by atoms with Crippen LogP contribution in [-0.2, 0) is 0 Å². The smallest absolute Gasteiger partial charge is 0.0232 e. The Morgan fingerprint density at radius 3 is 2.79 bits per heavy atom. The number of rotatable bonds is 4. The maximum atomic E-state index is 6.11. The second-order valence-corrected chi connectivity index (χ2v) is 4.96. The van der Waals surface area contributed by atoms with Crippen molar-refractivity contribution in [1.82, 2.24) is 10.2 Å². The van der Waals surface area contributed by atoms with Gasteiger partial charge in [-0.3, -0.25) is 0 Å². The van der Waals surface area contributed by atoms with Gasteiger partial charge in [-0.05, 0) is 25.8 Å². The lowest BCUT2D eigenvalue weighted by Crippen LogP contribution is -2.51. The van der Waals surface area contributed by atoms with Crippen molar-refractivity contribution in [2.24, 2.45) is 11.7 Å². The van der Waals surface area contributed by atoms with Crippen LogP contribution in [0.2, 0.25) is 0 Å². The molecule has 84 valence electrons. The van der Waals surface area contributed by atoms with Crippen LogP contribution in [-0.4, -0.2) is 43.7 Å². The molecule has 0 aromatic carbocycles. The van der Waals surface area contributed by atoms with Gasteiger partial charge in [-0.15, -0.1) is 0 Å². The van der Waals surface area contributed by atoms with Crippen molar-refractivity contribution in [2.45, 2.75) is 38.8 Å². The third-order valence-corrected chi connectivity index (χ3v) is 2.99. The van der Waals surface area contributed by atoms with Crippen LogP contribution in [0.1, 0.15) is 26.7 Å². The minimum atomic E-state index is 0.363. The van der Waals surface area contributed by atoms with Gasteiger partial charge >= 0.3 is 0 Å². The standard InChI is InChI=1S/C11H25N3/c1-9(2)6-10(12)7-11-8-13-4-5-14(11)3/h9-11,13H,4-8,12H2,1-3H3. The van der Waals surface area contributed by atoms with Gasteiger partial charge in [-0.25, -0.2) is 0 Å². The number of nitrogens with zero attached hydrogens (tertiary/aromatic N) is 1. The molecule has 2 unspecified atom stereocenters. The molecule has 0 amide bonds. The molecule has 1 heterocycles. The topological polar surface area (TPSA) is 41.3 Å². The second-order valence-electron chi connectivity index (χ2n) is 4.96. The quantitative estimate of drug-likeness (QED) is 0.698. The molecule has 1 rings (SSSR count). The highest BCUT2D eigenvalue weighted by Crippen LogP contribution is 2.12. The van der Waals surface area contributed by atoms with Crippen LogP contribution in [0.5, 0.6) is 0 Å². The van der Waals surface area contributed by atoms with E-state index in [1.54, 1.807) is 0 Å². The van der Waals surface area contributed by atoms with Crippen LogP contribution in [0.15, 0.2) is 0 Å². The normalized spacial score (nSPS) is 26.8. The van der Waals surface area contributed by atoms with Crippen molar-refractivity contribution in [3.63, 3.8) is 0 Å². The zero-order valence-electron chi connectivity index (χ0n) is 9.79.